The predicted molar refractivity (Wildman–Crippen MR) is 57.3 cm³/mol. The molecule has 0 spiro atoms. The highest BCUT2D eigenvalue weighted by atomic mass is 16.5. The maximum atomic E-state index is 11.9. The van der Waals surface area contributed by atoms with Gasteiger partial charge in [0.2, 0.25) is 5.91 Å². The lowest BCUT2D eigenvalue weighted by molar-refractivity contribution is -0.129. The van der Waals surface area contributed by atoms with Crippen molar-refractivity contribution in [2.75, 3.05) is 19.8 Å². The van der Waals surface area contributed by atoms with Gasteiger partial charge in [0.25, 0.3) is 0 Å². The molecule has 1 amide bonds. The molecule has 1 aliphatic carbocycles. The van der Waals surface area contributed by atoms with Crippen molar-refractivity contribution >= 4 is 5.91 Å². The third-order valence-electron chi connectivity index (χ3n) is 3.30. The molecule has 1 saturated heterocycles. The standard InChI is InChI=1S/C11H20N2O2/c12-6-10(8-3-4-8)13-11(14)9-2-1-5-15-7-9/h8-10H,1-7,12H2,(H,13,14). The number of hydrogen-bond acceptors (Lipinski definition) is 3. The fourth-order valence-corrected chi connectivity index (χ4v) is 2.12. The van der Waals surface area contributed by atoms with E-state index in [9.17, 15) is 4.79 Å². The summed E-state index contributed by atoms with van der Waals surface area (Å²) in [5.41, 5.74) is 5.65. The number of carbonyl (C=O) groups is 1. The van der Waals surface area contributed by atoms with Crippen molar-refractivity contribution in [2.24, 2.45) is 17.6 Å². The molecule has 0 aromatic rings. The minimum absolute atomic E-state index is 0.0477. The molecule has 1 aliphatic heterocycles. The van der Waals surface area contributed by atoms with Gasteiger partial charge in [-0.15, -0.1) is 0 Å². The molecule has 0 aromatic heterocycles. The van der Waals surface area contributed by atoms with Gasteiger partial charge in [0.05, 0.1) is 12.5 Å². The quantitative estimate of drug-likeness (QED) is 0.703. The van der Waals surface area contributed by atoms with Crippen LogP contribution < -0.4 is 11.1 Å². The second-order valence-electron chi connectivity index (χ2n) is 4.60. The van der Waals surface area contributed by atoms with Crippen LogP contribution in [0.2, 0.25) is 0 Å². The zero-order valence-electron chi connectivity index (χ0n) is 9.08. The largest absolute Gasteiger partial charge is 0.381 e. The molecule has 2 atom stereocenters. The van der Waals surface area contributed by atoms with Crippen LogP contribution in [0, 0.1) is 11.8 Å². The minimum Gasteiger partial charge on any atom is -0.381 e. The molecule has 0 radical (unpaired) electrons. The Morgan fingerprint density at radius 1 is 1.47 bits per heavy atom. The monoisotopic (exact) mass is 212 g/mol. The molecule has 2 fully saturated rings. The van der Waals surface area contributed by atoms with E-state index in [1.54, 1.807) is 0 Å². The summed E-state index contributed by atoms with van der Waals surface area (Å²) in [6.45, 7) is 1.94. The fourth-order valence-electron chi connectivity index (χ4n) is 2.12. The average molecular weight is 212 g/mol. The van der Waals surface area contributed by atoms with E-state index in [1.807, 2.05) is 0 Å². The van der Waals surface area contributed by atoms with Crippen LogP contribution in [0.15, 0.2) is 0 Å². The van der Waals surface area contributed by atoms with Gasteiger partial charge in [0.1, 0.15) is 0 Å². The number of rotatable bonds is 4. The van der Waals surface area contributed by atoms with Crippen molar-refractivity contribution < 1.29 is 9.53 Å². The van der Waals surface area contributed by atoms with Gasteiger partial charge in [-0.2, -0.15) is 0 Å². The van der Waals surface area contributed by atoms with E-state index < -0.39 is 0 Å². The van der Waals surface area contributed by atoms with Crippen LogP contribution in [0.3, 0.4) is 0 Å². The summed E-state index contributed by atoms with van der Waals surface area (Å²) in [5.74, 6) is 0.812. The lowest BCUT2D eigenvalue weighted by Gasteiger charge is -2.24. The molecule has 0 aromatic carbocycles. The Balaban J connectivity index is 1.78. The number of nitrogens with two attached hydrogens (primary N) is 1. The van der Waals surface area contributed by atoms with Crippen LogP contribution in [0.1, 0.15) is 25.7 Å². The fraction of sp³-hybridized carbons (Fsp3) is 0.909. The van der Waals surface area contributed by atoms with E-state index >= 15 is 0 Å². The van der Waals surface area contributed by atoms with Crippen molar-refractivity contribution in [3.8, 4) is 0 Å². The number of carbonyl (C=O) groups excluding carboxylic acids is 1. The summed E-state index contributed by atoms with van der Waals surface area (Å²) < 4.78 is 5.30. The zero-order valence-corrected chi connectivity index (χ0v) is 9.08. The van der Waals surface area contributed by atoms with Gasteiger partial charge in [-0.1, -0.05) is 0 Å². The Morgan fingerprint density at radius 3 is 2.80 bits per heavy atom. The first-order valence-corrected chi connectivity index (χ1v) is 5.89. The molecule has 4 nitrogen and oxygen atoms in total. The molecule has 1 heterocycles. The van der Waals surface area contributed by atoms with Crippen LogP contribution in [-0.4, -0.2) is 31.7 Å². The maximum absolute atomic E-state index is 11.9. The van der Waals surface area contributed by atoms with Gasteiger partial charge in [-0.3, -0.25) is 4.79 Å². The summed E-state index contributed by atoms with van der Waals surface area (Å²) in [6, 6.07) is 0.194. The Kier molecular flexibility index (Phi) is 3.59. The molecule has 0 bridgehead atoms. The average Bonchev–Trinajstić information content (AvgIpc) is 3.10. The Labute approximate surface area is 90.5 Å². The summed E-state index contributed by atoms with van der Waals surface area (Å²) in [5, 5.41) is 3.05. The highest BCUT2D eigenvalue weighted by molar-refractivity contribution is 5.79. The van der Waals surface area contributed by atoms with Crippen LogP contribution >= 0.6 is 0 Å². The highest BCUT2D eigenvalue weighted by Gasteiger charge is 2.33. The van der Waals surface area contributed by atoms with E-state index in [-0.39, 0.29) is 17.9 Å². The molecule has 2 unspecified atom stereocenters. The van der Waals surface area contributed by atoms with Crippen LogP contribution in [-0.2, 0) is 9.53 Å². The molecule has 86 valence electrons. The zero-order chi connectivity index (χ0) is 10.7. The van der Waals surface area contributed by atoms with E-state index in [0.717, 1.165) is 19.4 Å². The summed E-state index contributed by atoms with van der Waals surface area (Å²) in [4.78, 5) is 11.9. The first kappa shape index (κ1) is 10.9. The molecular formula is C11H20N2O2. The first-order valence-electron chi connectivity index (χ1n) is 5.89. The molecular weight excluding hydrogens is 192 g/mol. The summed E-state index contributed by atoms with van der Waals surface area (Å²) in [6.07, 6.45) is 4.37. The van der Waals surface area contributed by atoms with Crippen molar-refractivity contribution in [2.45, 2.75) is 31.7 Å². The lowest BCUT2D eigenvalue weighted by Crippen LogP contribution is -2.46. The number of hydrogen-bond donors (Lipinski definition) is 2. The minimum atomic E-state index is 0.0477. The van der Waals surface area contributed by atoms with Crippen molar-refractivity contribution in [3.63, 3.8) is 0 Å². The second kappa shape index (κ2) is 4.94. The van der Waals surface area contributed by atoms with E-state index in [2.05, 4.69) is 5.32 Å². The normalized spacial score (nSPS) is 28.5. The number of ether oxygens (including phenoxy) is 1. The maximum Gasteiger partial charge on any atom is 0.225 e. The van der Waals surface area contributed by atoms with Crippen LogP contribution in [0.5, 0.6) is 0 Å². The van der Waals surface area contributed by atoms with E-state index in [1.165, 1.54) is 12.8 Å². The third-order valence-corrected chi connectivity index (χ3v) is 3.30. The summed E-state index contributed by atoms with van der Waals surface area (Å²) >= 11 is 0. The van der Waals surface area contributed by atoms with Gasteiger partial charge in [0, 0.05) is 19.2 Å². The van der Waals surface area contributed by atoms with Gasteiger partial charge in [0.15, 0.2) is 0 Å². The number of amides is 1. The van der Waals surface area contributed by atoms with Crippen molar-refractivity contribution in [1.29, 1.82) is 0 Å². The van der Waals surface area contributed by atoms with Gasteiger partial charge >= 0.3 is 0 Å². The molecule has 2 aliphatic rings. The smallest absolute Gasteiger partial charge is 0.225 e. The van der Waals surface area contributed by atoms with E-state index in [4.69, 9.17) is 10.5 Å². The van der Waals surface area contributed by atoms with Gasteiger partial charge in [-0.25, -0.2) is 0 Å². The Morgan fingerprint density at radius 2 is 2.27 bits per heavy atom. The van der Waals surface area contributed by atoms with Crippen molar-refractivity contribution in [3.05, 3.63) is 0 Å². The molecule has 2 rings (SSSR count). The van der Waals surface area contributed by atoms with Crippen LogP contribution in [0.25, 0.3) is 0 Å². The highest BCUT2D eigenvalue weighted by Crippen LogP contribution is 2.32. The molecule has 3 N–H and O–H groups in total. The third kappa shape index (κ3) is 2.92. The van der Waals surface area contributed by atoms with Gasteiger partial charge < -0.3 is 15.8 Å². The topological polar surface area (TPSA) is 64.3 Å². The SMILES string of the molecule is NCC(NC(=O)C1CCCOC1)C1CC1. The predicted octanol–water partition coefficient (Wildman–Crippen LogP) is 0.266. The first-order chi connectivity index (χ1) is 7.31. The van der Waals surface area contributed by atoms with E-state index in [0.29, 0.717) is 19.1 Å². The molecule has 1 saturated carbocycles. The Bertz CT molecular complexity index is 223. The number of nitrogens with one attached hydrogen (secondary N) is 1. The Hall–Kier alpha value is -0.610. The second-order valence-corrected chi connectivity index (χ2v) is 4.60. The molecule has 4 heteroatoms. The molecule has 15 heavy (non-hydrogen) atoms. The summed E-state index contributed by atoms with van der Waals surface area (Å²) in [7, 11) is 0. The van der Waals surface area contributed by atoms with Gasteiger partial charge in [-0.05, 0) is 31.6 Å². The van der Waals surface area contributed by atoms with Crippen molar-refractivity contribution in [1.82, 2.24) is 5.32 Å². The van der Waals surface area contributed by atoms with Crippen LogP contribution in [0.4, 0.5) is 0 Å². The lowest BCUT2D eigenvalue weighted by atomic mass is 10.0.